The molecule has 0 bridgehead atoms. The van der Waals surface area contributed by atoms with Gasteiger partial charge in [0.25, 0.3) is 0 Å². The Balaban J connectivity index is 1.45. The van der Waals surface area contributed by atoms with E-state index in [2.05, 4.69) is 22.2 Å². The number of thiophene rings is 1. The lowest BCUT2D eigenvalue weighted by Crippen LogP contribution is -2.38. The number of fused-ring (bicyclic) bond motifs is 3. The Hall–Kier alpha value is -1.14. The van der Waals surface area contributed by atoms with Gasteiger partial charge < -0.3 is 5.32 Å². The van der Waals surface area contributed by atoms with Gasteiger partial charge in [0.2, 0.25) is 5.91 Å². The van der Waals surface area contributed by atoms with Gasteiger partial charge in [-0.1, -0.05) is 18.7 Å². The maximum absolute atomic E-state index is 12.4. The first-order valence-electron chi connectivity index (χ1n) is 9.31. The van der Waals surface area contributed by atoms with Crippen molar-refractivity contribution in [2.75, 3.05) is 5.75 Å². The summed E-state index contributed by atoms with van der Waals surface area (Å²) >= 11 is 3.39. The summed E-state index contributed by atoms with van der Waals surface area (Å²) in [5.74, 6) is 2.19. The van der Waals surface area contributed by atoms with Crippen LogP contribution in [-0.4, -0.2) is 27.7 Å². The third-order valence-electron chi connectivity index (χ3n) is 5.36. The normalized spacial score (nSPS) is 23.0. The highest BCUT2D eigenvalue weighted by atomic mass is 32.2. The quantitative estimate of drug-likeness (QED) is 0.640. The molecule has 1 fully saturated rings. The monoisotopic (exact) mass is 375 g/mol. The standard InChI is InChI=1S/C19H25N3OS2/c1-11-6-8-13(9-7-11)22-16(23)10-24-18-17-14-4-3-5-15(14)25-19(17)21-12(2)20-18/h11,13H,3-10H2,1-2H3,(H,22,23). The Kier molecular flexibility index (Phi) is 5.00. The smallest absolute Gasteiger partial charge is 0.230 e. The van der Waals surface area contributed by atoms with E-state index in [1.165, 1.54) is 41.5 Å². The minimum Gasteiger partial charge on any atom is -0.353 e. The average molecular weight is 376 g/mol. The van der Waals surface area contributed by atoms with Crippen LogP contribution in [0, 0.1) is 12.8 Å². The molecule has 25 heavy (non-hydrogen) atoms. The molecule has 0 unspecified atom stereocenters. The minimum atomic E-state index is 0.140. The van der Waals surface area contributed by atoms with Gasteiger partial charge >= 0.3 is 0 Å². The number of aromatic nitrogens is 2. The van der Waals surface area contributed by atoms with Gasteiger partial charge in [-0.05, 0) is 63.4 Å². The summed E-state index contributed by atoms with van der Waals surface area (Å²) in [5, 5.41) is 5.43. The Morgan fingerprint density at radius 2 is 2.04 bits per heavy atom. The molecule has 134 valence electrons. The summed E-state index contributed by atoms with van der Waals surface area (Å²) in [7, 11) is 0. The first kappa shape index (κ1) is 17.3. The fraction of sp³-hybridized carbons (Fsp3) is 0.632. The molecule has 0 spiro atoms. The van der Waals surface area contributed by atoms with Crippen molar-refractivity contribution in [3.05, 3.63) is 16.3 Å². The topological polar surface area (TPSA) is 54.9 Å². The number of thioether (sulfide) groups is 1. The van der Waals surface area contributed by atoms with Crippen molar-refractivity contribution in [3.63, 3.8) is 0 Å². The number of nitrogens with one attached hydrogen (secondary N) is 1. The van der Waals surface area contributed by atoms with Crippen molar-refractivity contribution in [3.8, 4) is 0 Å². The molecule has 0 aromatic carbocycles. The molecule has 2 aliphatic carbocycles. The molecule has 4 rings (SSSR count). The minimum absolute atomic E-state index is 0.140. The Labute approximate surface area is 157 Å². The van der Waals surface area contributed by atoms with Crippen LogP contribution in [0.4, 0.5) is 0 Å². The van der Waals surface area contributed by atoms with Gasteiger partial charge in [0.05, 0.1) is 5.75 Å². The number of rotatable bonds is 4. The van der Waals surface area contributed by atoms with Crippen LogP contribution in [0.3, 0.4) is 0 Å². The maximum Gasteiger partial charge on any atom is 0.230 e. The average Bonchev–Trinajstić information content (AvgIpc) is 3.15. The molecule has 1 saturated carbocycles. The van der Waals surface area contributed by atoms with Crippen LogP contribution in [0.1, 0.15) is 55.3 Å². The summed E-state index contributed by atoms with van der Waals surface area (Å²) in [5.41, 5.74) is 1.43. The van der Waals surface area contributed by atoms with Crippen LogP contribution in [0.15, 0.2) is 5.03 Å². The molecular weight excluding hydrogens is 350 g/mol. The largest absolute Gasteiger partial charge is 0.353 e. The van der Waals surface area contributed by atoms with E-state index in [0.717, 1.165) is 40.9 Å². The molecule has 1 amide bonds. The number of hydrogen-bond acceptors (Lipinski definition) is 5. The van der Waals surface area contributed by atoms with E-state index in [1.807, 2.05) is 18.3 Å². The van der Waals surface area contributed by atoms with Crippen LogP contribution in [-0.2, 0) is 17.6 Å². The Morgan fingerprint density at radius 1 is 1.24 bits per heavy atom. The van der Waals surface area contributed by atoms with E-state index < -0.39 is 0 Å². The molecule has 4 nitrogen and oxygen atoms in total. The number of carbonyl (C=O) groups excluding carboxylic acids is 1. The predicted octanol–water partition coefficient (Wildman–Crippen LogP) is 4.28. The Bertz CT molecular complexity index is 794. The first-order valence-corrected chi connectivity index (χ1v) is 11.1. The summed E-state index contributed by atoms with van der Waals surface area (Å²) in [4.78, 5) is 24.2. The first-order chi connectivity index (χ1) is 12.1. The number of aryl methyl sites for hydroxylation is 3. The van der Waals surface area contributed by atoms with E-state index in [9.17, 15) is 4.79 Å². The molecule has 6 heteroatoms. The van der Waals surface area contributed by atoms with Gasteiger partial charge in [-0.3, -0.25) is 4.79 Å². The van der Waals surface area contributed by atoms with Crippen LogP contribution >= 0.6 is 23.1 Å². The molecule has 2 aromatic heterocycles. The molecule has 2 aromatic rings. The van der Waals surface area contributed by atoms with Gasteiger partial charge in [-0.2, -0.15) is 0 Å². The van der Waals surface area contributed by atoms with E-state index in [0.29, 0.717) is 11.8 Å². The summed E-state index contributed by atoms with van der Waals surface area (Å²) < 4.78 is 0. The second-order valence-electron chi connectivity index (χ2n) is 7.43. The highest BCUT2D eigenvalue weighted by molar-refractivity contribution is 8.00. The molecule has 2 heterocycles. The van der Waals surface area contributed by atoms with Crippen LogP contribution in [0.25, 0.3) is 10.2 Å². The van der Waals surface area contributed by atoms with E-state index >= 15 is 0 Å². The lowest BCUT2D eigenvalue weighted by molar-refractivity contribution is -0.119. The van der Waals surface area contributed by atoms with Gasteiger partial charge in [-0.25, -0.2) is 9.97 Å². The highest BCUT2D eigenvalue weighted by Crippen LogP contribution is 2.40. The van der Waals surface area contributed by atoms with Gasteiger partial charge in [0, 0.05) is 16.3 Å². The van der Waals surface area contributed by atoms with Crippen LogP contribution in [0.5, 0.6) is 0 Å². The number of hydrogen-bond donors (Lipinski definition) is 1. The zero-order chi connectivity index (χ0) is 17.4. The van der Waals surface area contributed by atoms with Gasteiger partial charge in [-0.15, -0.1) is 11.3 Å². The number of carbonyl (C=O) groups is 1. The third-order valence-corrected chi connectivity index (χ3v) is 7.53. The van der Waals surface area contributed by atoms with Crippen LogP contribution in [0.2, 0.25) is 0 Å². The molecule has 0 saturated heterocycles. The Morgan fingerprint density at radius 3 is 2.84 bits per heavy atom. The lowest BCUT2D eigenvalue weighted by Gasteiger charge is -2.26. The van der Waals surface area contributed by atoms with Crippen molar-refractivity contribution in [2.45, 2.75) is 69.9 Å². The summed E-state index contributed by atoms with van der Waals surface area (Å²) in [6.45, 7) is 4.24. The zero-order valence-corrected chi connectivity index (χ0v) is 16.6. The zero-order valence-electron chi connectivity index (χ0n) is 14.9. The van der Waals surface area contributed by atoms with Crippen molar-refractivity contribution in [1.29, 1.82) is 0 Å². The molecule has 0 aliphatic heterocycles. The fourth-order valence-corrected chi connectivity index (χ4v) is 6.26. The molecule has 2 aliphatic rings. The van der Waals surface area contributed by atoms with Crippen LogP contribution < -0.4 is 5.32 Å². The second-order valence-corrected chi connectivity index (χ2v) is 9.47. The summed E-state index contributed by atoms with van der Waals surface area (Å²) in [6.07, 6.45) is 8.21. The molecular formula is C19H25N3OS2. The number of nitrogens with zero attached hydrogens (tertiary/aromatic N) is 2. The molecule has 0 radical (unpaired) electrons. The molecule has 0 atom stereocenters. The lowest BCUT2D eigenvalue weighted by atomic mass is 9.87. The third kappa shape index (κ3) is 3.70. The predicted molar refractivity (Wildman–Crippen MR) is 104 cm³/mol. The van der Waals surface area contributed by atoms with Gasteiger partial charge in [0.1, 0.15) is 15.7 Å². The number of amides is 1. The maximum atomic E-state index is 12.4. The van der Waals surface area contributed by atoms with Crippen molar-refractivity contribution < 1.29 is 4.79 Å². The second kappa shape index (κ2) is 7.23. The summed E-state index contributed by atoms with van der Waals surface area (Å²) in [6, 6.07) is 0.363. The van der Waals surface area contributed by atoms with Crippen molar-refractivity contribution in [2.24, 2.45) is 5.92 Å². The van der Waals surface area contributed by atoms with E-state index in [1.54, 1.807) is 11.8 Å². The molecule has 1 N–H and O–H groups in total. The van der Waals surface area contributed by atoms with E-state index in [-0.39, 0.29) is 5.91 Å². The van der Waals surface area contributed by atoms with Gasteiger partial charge in [0.15, 0.2) is 0 Å². The van der Waals surface area contributed by atoms with Crippen molar-refractivity contribution >= 4 is 39.2 Å². The van der Waals surface area contributed by atoms with Crippen molar-refractivity contribution in [1.82, 2.24) is 15.3 Å². The highest BCUT2D eigenvalue weighted by Gasteiger charge is 2.23. The van der Waals surface area contributed by atoms with E-state index in [4.69, 9.17) is 0 Å². The fourth-order valence-electron chi connectivity index (χ4n) is 3.98. The SMILES string of the molecule is Cc1nc(SCC(=O)NC2CCC(C)CC2)c2c3c(sc2n1)CCC3.